The molecule has 13 heavy (non-hydrogen) atoms. The summed E-state index contributed by atoms with van der Waals surface area (Å²) in [5.41, 5.74) is 0. The van der Waals surface area contributed by atoms with Crippen molar-refractivity contribution in [2.45, 2.75) is 23.8 Å². The second-order valence-corrected chi connectivity index (χ2v) is 4.63. The minimum Gasteiger partial charge on any atom is -0.263 e. The van der Waals surface area contributed by atoms with Crippen LogP contribution in [0.4, 0.5) is 0 Å². The average molecular weight is 198 g/mol. The van der Waals surface area contributed by atoms with Crippen molar-refractivity contribution in [2.75, 3.05) is 0 Å². The van der Waals surface area contributed by atoms with Crippen LogP contribution in [0.3, 0.4) is 0 Å². The van der Waals surface area contributed by atoms with Gasteiger partial charge in [0.2, 0.25) is 0 Å². The molecule has 0 N–H and O–H groups in total. The quantitative estimate of drug-likeness (QED) is 0.692. The molecule has 1 aromatic rings. The fourth-order valence-electron chi connectivity index (χ4n) is 0.986. The molecule has 70 valence electrons. The lowest BCUT2D eigenvalue weighted by molar-refractivity contribution is 0.305. The molecule has 0 atom stereocenters. The number of benzene rings is 1. The lowest BCUT2D eigenvalue weighted by Crippen LogP contribution is -2.07. The van der Waals surface area contributed by atoms with E-state index in [0.29, 0.717) is 0 Å². The molecular formula is C9H10O3S. The van der Waals surface area contributed by atoms with Gasteiger partial charge in [0.1, 0.15) is 0 Å². The van der Waals surface area contributed by atoms with Crippen molar-refractivity contribution >= 4 is 10.1 Å². The molecule has 0 aromatic heterocycles. The summed E-state index contributed by atoms with van der Waals surface area (Å²) >= 11 is 0. The van der Waals surface area contributed by atoms with Crippen molar-refractivity contribution in [2.24, 2.45) is 0 Å². The molecular weight excluding hydrogens is 188 g/mol. The fraction of sp³-hybridized carbons (Fsp3) is 0.333. The van der Waals surface area contributed by atoms with Crippen molar-refractivity contribution in [3.05, 3.63) is 30.3 Å². The molecule has 1 aliphatic rings. The number of rotatable bonds is 3. The van der Waals surface area contributed by atoms with E-state index in [1.807, 2.05) is 0 Å². The summed E-state index contributed by atoms with van der Waals surface area (Å²) < 4.78 is 27.8. The standard InChI is InChI=1S/C9H10O3S/c10-13(11,12-8-6-7-8)9-4-2-1-3-5-9/h1-5,8H,6-7H2. The Labute approximate surface area is 77.5 Å². The van der Waals surface area contributed by atoms with Gasteiger partial charge in [-0.25, -0.2) is 0 Å². The van der Waals surface area contributed by atoms with Gasteiger partial charge in [-0.15, -0.1) is 0 Å². The first-order valence-electron chi connectivity index (χ1n) is 4.17. The highest BCUT2D eigenvalue weighted by Gasteiger charge is 2.29. The minimum atomic E-state index is -3.50. The van der Waals surface area contributed by atoms with E-state index in [0.717, 1.165) is 12.8 Å². The summed E-state index contributed by atoms with van der Waals surface area (Å²) in [6, 6.07) is 8.22. The summed E-state index contributed by atoms with van der Waals surface area (Å²) in [5, 5.41) is 0. The summed E-state index contributed by atoms with van der Waals surface area (Å²) in [4.78, 5) is 0.238. The molecule has 1 aromatic carbocycles. The summed E-state index contributed by atoms with van der Waals surface area (Å²) in [7, 11) is -3.50. The Balaban J connectivity index is 2.23. The van der Waals surface area contributed by atoms with Gasteiger partial charge in [0.25, 0.3) is 10.1 Å². The van der Waals surface area contributed by atoms with Crippen molar-refractivity contribution in [1.82, 2.24) is 0 Å². The Morgan fingerprint density at radius 3 is 2.31 bits per heavy atom. The first-order chi connectivity index (χ1) is 6.18. The second kappa shape index (κ2) is 3.12. The molecule has 1 saturated carbocycles. The second-order valence-electron chi connectivity index (χ2n) is 3.06. The molecule has 1 aliphatic carbocycles. The monoisotopic (exact) mass is 198 g/mol. The first kappa shape index (κ1) is 8.72. The zero-order chi connectivity index (χ0) is 9.31. The lowest BCUT2D eigenvalue weighted by atomic mass is 10.4. The molecule has 0 amide bonds. The maximum absolute atomic E-state index is 11.5. The molecule has 0 spiro atoms. The molecule has 0 unspecified atom stereocenters. The highest BCUT2D eigenvalue weighted by molar-refractivity contribution is 7.86. The van der Waals surface area contributed by atoms with Crippen LogP contribution in [0.15, 0.2) is 35.2 Å². The topological polar surface area (TPSA) is 43.4 Å². The van der Waals surface area contributed by atoms with Crippen LogP contribution >= 0.6 is 0 Å². The van der Waals surface area contributed by atoms with E-state index in [-0.39, 0.29) is 11.0 Å². The number of hydrogen-bond donors (Lipinski definition) is 0. The Morgan fingerprint density at radius 2 is 1.77 bits per heavy atom. The maximum atomic E-state index is 11.5. The number of hydrogen-bond acceptors (Lipinski definition) is 3. The molecule has 0 aliphatic heterocycles. The van der Waals surface area contributed by atoms with E-state index in [1.165, 1.54) is 12.1 Å². The summed E-state index contributed by atoms with van der Waals surface area (Å²) in [6.45, 7) is 0. The predicted molar refractivity (Wildman–Crippen MR) is 47.7 cm³/mol. The van der Waals surface area contributed by atoms with E-state index >= 15 is 0 Å². The molecule has 2 rings (SSSR count). The third kappa shape index (κ3) is 2.08. The van der Waals surface area contributed by atoms with Gasteiger partial charge in [-0.3, -0.25) is 4.18 Å². The van der Waals surface area contributed by atoms with E-state index in [9.17, 15) is 8.42 Å². The highest BCUT2D eigenvalue weighted by atomic mass is 32.2. The van der Waals surface area contributed by atoms with Crippen LogP contribution in [0.25, 0.3) is 0 Å². The van der Waals surface area contributed by atoms with Crippen LogP contribution in [0.2, 0.25) is 0 Å². The zero-order valence-electron chi connectivity index (χ0n) is 7.01. The molecule has 4 heteroatoms. The largest absolute Gasteiger partial charge is 0.297 e. The van der Waals surface area contributed by atoms with Gasteiger partial charge < -0.3 is 0 Å². The smallest absolute Gasteiger partial charge is 0.263 e. The molecule has 0 saturated heterocycles. The van der Waals surface area contributed by atoms with Gasteiger partial charge >= 0.3 is 0 Å². The van der Waals surface area contributed by atoms with Crippen LogP contribution in [-0.2, 0) is 14.3 Å². The van der Waals surface area contributed by atoms with Gasteiger partial charge in [0, 0.05) is 0 Å². The third-order valence-corrected chi connectivity index (χ3v) is 3.19. The van der Waals surface area contributed by atoms with E-state index in [2.05, 4.69) is 0 Å². The fourth-order valence-corrected chi connectivity index (χ4v) is 2.14. The van der Waals surface area contributed by atoms with Crippen molar-refractivity contribution in [3.8, 4) is 0 Å². The molecule has 0 radical (unpaired) electrons. The van der Waals surface area contributed by atoms with Crippen LogP contribution in [0, 0.1) is 0 Å². The van der Waals surface area contributed by atoms with Gasteiger partial charge in [0.15, 0.2) is 0 Å². The average Bonchev–Trinajstić information content (AvgIpc) is 2.89. The van der Waals surface area contributed by atoms with E-state index < -0.39 is 10.1 Å². The normalized spacial score (nSPS) is 17.2. The lowest BCUT2D eigenvalue weighted by Gasteiger charge is -2.02. The predicted octanol–water partition coefficient (Wildman–Crippen LogP) is 1.55. The summed E-state index contributed by atoms with van der Waals surface area (Å²) in [5.74, 6) is 0. The van der Waals surface area contributed by atoms with E-state index in [1.54, 1.807) is 18.2 Å². The van der Waals surface area contributed by atoms with Gasteiger partial charge in [-0.2, -0.15) is 8.42 Å². The maximum Gasteiger partial charge on any atom is 0.297 e. The van der Waals surface area contributed by atoms with Crippen LogP contribution in [-0.4, -0.2) is 14.5 Å². The molecule has 0 heterocycles. The SMILES string of the molecule is O=S(=O)(OC1CC1)c1ccccc1. The Hall–Kier alpha value is -0.870. The van der Waals surface area contributed by atoms with Crippen LogP contribution in [0.1, 0.15) is 12.8 Å². The van der Waals surface area contributed by atoms with Gasteiger partial charge in [0.05, 0.1) is 11.0 Å². The van der Waals surface area contributed by atoms with Gasteiger partial charge in [-0.1, -0.05) is 18.2 Å². The third-order valence-electron chi connectivity index (χ3n) is 1.82. The highest BCUT2D eigenvalue weighted by Crippen LogP contribution is 2.27. The summed E-state index contributed by atoms with van der Waals surface area (Å²) in [6.07, 6.45) is 1.63. The van der Waals surface area contributed by atoms with Crippen LogP contribution < -0.4 is 0 Å². The van der Waals surface area contributed by atoms with Gasteiger partial charge in [-0.05, 0) is 25.0 Å². The van der Waals surface area contributed by atoms with Crippen molar-refractivity contribution in [1.29, 1.82) is 0 Å². The Bertz CT molecular complexity index is 379. The van der Waals surface area contributed by atoms with E-state index in [4.69, 9.17) is 4.18 Å². The first-order valence-corrected chi connectivity index (χ1v) is 5.58. The zero-order valence-corrected chi connectivity index (χ0v) is 7.83. The Kier molecular flexibility index (Phi) is 2.09. The van der Waals surface area contributed by atoms with Crippen LogP contribution in [0.5, 0.6) is 0 Å². The molecule has 3 nitrogen and oxygen atoms in total. The van der Waals surface area contributed by atoms with Crippen molar-refractivity contribution < 1.29 is 12.6 Å². The minimum absolute atomic E-state index is 0.0785. The van der Waals surface area contributed by atoms with Crippen molar-refractivity contribution in [3.63, 3.8) is 0 Å². The Morgan fingerprint density at radius 1 is 1.15 bits per heavy atom. The molecule has 0 bridgehead atoms. The molecule has 1 fully saturated rings.